The number of ether oxygens (including phenoxy) is 2. The van der Waals surface area contributed by atoms with Crippen LogP contribution in [0, 0.1) is 0 Å². The number of aliphatic hydroxyl groups is 6. The van der Waals surface area contributed by atoms with Crippen molar-refractivity contribution in [1.29, 1.82) is 0 Å². The average Bonchev–Trinajstić information content (AvgIpc) is 3.23. The molecule has 3 unspecified atom stereocenters. The van der Waals surface area contributed by atoms with Gasteiger partial charge < -0.3 is 45.0 Å². The highest BCUT2D eigenvalue weighted by molar-refractivity contribution is 7.47. The molecular weight excluding hydrogens is 795 g/mol. The fraction of sp³-hybridized carbons (Fsp3) is 0.689. The topological polar surface area (TPSA) is 230 Å². The number of carbonyl (C=O) groups is 2. The molecule has 0 aliphatic heterocycles. The third-order valence-electron chi connectivity index (χ3n) is 9.69. The predicted molar refractivity (Wildman–Crippen MR) is 231 cm³/mol. The molecule has 0 amide bonds. The Bertz CT molecular complexity index is 1340. The van der Waals surface area contributed by atoms with Gasteiger partial charge in [0.05, 0.1) is 12.7 Å². The number of phosphoric acid groups is 1. The van der Waals surface area contributed by atoms with E-state index in [1.165, 1.54) is 25.7 Å². The summed E-state index contributed by atoms with van der Waals surface area (Å²) in [5, 5.41) is 59.5. The fourth-order valence-electron chi connectivity index (χ4n) is 5.97. The summed E-state index contributed by atoms with van der Waals surface area (Å²) in [5.74, 6) is -1.21. The zero-order chi connectivity index (χ0) is 44.4. The van der Waals surface area contributed by atoms with Crippen LogP contribution in [0.1, 0.15) is 136 Å². The number of aliphatic hydroxyl groups excluding tert-OH is 6. The summed E-state index contributed by atoms with van der Waals surface area (Å²) in [7, 11) is -5.14. The van der Waals surface area contributed by atoms with Crippen LogP contribution < -0.4 is 0 Å². The number of phosphoric ester groups is 1. The number of hydrogen-bond donors (Lipinski definition) is 7. The first-order valence-electron chi connectivity index (χ1n) is 21.8. The second-order valence-electron chi connectivity index (χ2n) is 15.0. The number of hydrogen-bond acceptors (Lipinski definition) is 13. The van der Waals surface area contributed by atoms with Crippen LogP contribution >= 0.6 is 7.82 Å². The molecule has 0 saturated heterocycles. The minimum Gasteiger partial charge on any atom is -0.462 e. The van der Waals surface area contributed by atoms with E-state index < -0.39 is 81.8 Å². The second-order valence-corrected chi connectivity index (χ2v) is 16.4. The van der Waals surface area contributed by atoms with E-state index in [1.807, 2.05) is 43.4 Å². The van der Waals surface area contributed by atoms with Crippen LogP contribution in [0.25, 0.3) is 0 Å². The van der Waals surface area contributed by atoms with E-state index in [4.69, 9.17) is 18.5 Å². The second kappa shape index (κ2) is 34.8. The molecule has 344 valence electrons. The molecule has 7 N–H and O–H groups in total. The van der Waals surface area contributed by atoms with Crippen LogP contribution in [0.15, 0.2) is 72.9 Å². The van der Waals surface area contributed by atoms with Gasteiger partial charge in [-0.15, -0.1) is 0 Å². The van der Waals surface area contributed by atoms with Gasteiger partial charge in [0.1, 0.15) is 43.2 Å². The van der Waals surface area contributed by atoms with Crippen LogP contribution in [0.5, 0.6) is 0 Å². The van der Waals surface area contributed by atoms with Crippen LogP contribution in [0.4, 0.5) is 0 Å². The Balaban J connectivity index is 2.54. The third kappa shape index (κ3) is 27.2. The first-order chi connectivity index (χ1) is 28.8. The van der Waals surface area contributed by atoms with Crippen molar-refractivity contribution in [3.63, 3.8) is 0 Å². The van der Waals surface area contributed by atoms with E-state index in [9.17, 15) is 49.7 Å². The molecule has 0 spiro atoms. The first-order valence-corrected chi connectivity index (χ1v) is 23.3. The van der Waals surface area contributed by atoms with E-state index in [0.717, 1.165) is 57.8 Å². The quantitative estimate of drug-likeness (QED) is 0.0115. The van der Waals surface area contributed by atoms with Gasteiger partial charge in [-0.1, -0.05) is 125 Å². The van der Waals surface area contributed by atoms with E-state index in [-0.39, 0.29) is 12.8 Å². The van der Waals surface area contributed by atoms with Crippen molar-refractivity contribution < 1.29 is 68.2 Å². The molecule has 1 aliphatic rings. The lowest BCUT2D eigenvalue weighted by atomic mass is 9.85. The molecule has 0 radical (unpaired) electrons. The molecule has 0 bridgehead atoms. The molecule has 0 aromatic rings. The summed E-state index contributed by atoms with van der Waals surface area (Å²) < 4.78 is 33.4. The normalized spacial score (nSPS) is 23.4. The molecule has 0 aromatic heterocycles. The molecule has 15 heteroatoms. The molecule has 0 aromatic carbocycles. The van der Waals surface area contributed by atoms with Gasteiger partial charge in [0.2, 0.25) is 0 Å². The van der Waals surface area contributed by atoms with Gasteiger partial charge in [-0.2, -0.15) is 0 Å². The number of unbranched alkanes of at least 4 members (excludes halogenated alkanes) is 10. The Morgan fingerprint density at radius 1 is 0.600 bits per heavy atom. The smallest absolute Gasteiger partial charge is 0.462 e. The zero-order valence-corrected chi connectivity index (χ0v) is 36.7. The summed E-state index contributed by atoms with van der Waals surface area (Å²) in [6.45, 7) is 2.87. The third-order valence-corrected chi connectivity index (χ3v) is 10.7. The summed E-state index contributed by atoms with van der Waals surface area (Å²) >= 11 is 0. The molecule has 1 rings (SSSR count). The lowest BCUT2D eigenvalue weighted by Gasteiger charge is -2.41. The van der Waals surface area contributed by atoms with Crippen LogP contribution in [0.3, 0.4) is 0 Å². The summed E-state index contributed by atoms with van der Waals surface area (Å²) in [6.07, 6.45) is 26.3. The van der Waals surface area contributed by atoms with Gasteiger partial charge in [-0.25, -0.2) is 4.57 Å². The van der Waals surface area contributed by atoms with Crippen LogP contribution in [0.2, 0.25) is 0 Å². The Hall–Kier alpha value is -2.75. The standard InChI is InChI=1S/C45H75O14P/c1-3-5-6-7-8-9-10-13-18-21-24-27-30-33-39(48)58-37(35-57-60(54,55)59-45-43(52)41(50)40(49)42(51)44(45)53)34-56-38(47)32-29-26-23-20-17-15-12-11-14-16-19-22-25-28-31-36(46)4-2/h9-10,12,14-16,20,22-23,25,28,31,36-37,40-46,49-53H,3-8,11,13,17-19,21,24,26-27,29-30,32-35H2,1-2H3,(H,54,55)/b10-9-,15-12-,16-14-,23-20-,25-22-,31-28+/t36-,37+,40?,41-,42+,43+,44+,45?/m0/s1. The summed E-state index contributed by atoms with van der Waals surface area (Å²) in [6, 6.07) is 0. The Morgan fingerprint density at radius 3 is 1.72 bits per heavy atom. The van der Waals surface area contributed by atoms with Gasteiger partial charge >= 0.3 is 19.8 Å². The molecule has 9 atom stereocenters. The number of allylic oxidation sites excluding steroid dienone is 11. The Kier molecular flexibility index (Phi) is 32.0. The molecule has 1 saturated carbocycles. The largest absolute Gasteiger partial charge is 0.472 e. The Morgan fingerprint density at radius 2 is 1.10 bits per heavy atom. The van der Waals surface area contributed by atoms with Crippen molar-refractivity contribution in [3.8, 4) is 0 Å². The van der Waals surface area contributed by atoms with Crippen molar-refractivity contribution in [2.75, 3.05) is 13.2 Å². The maximum atomic E-state index is 12.8. The highest BCUT2D eigenvalue weighted by atomic mass is 31.2. The van der Waals surface area contributed by atoms with Gasteiger partial charge in [0.15, 0.2) is 6.10 Å². The minimum absolute atomic E-state index is 0.0636. The van der Waals surface area contributed by atoms with E-state index in [0.29, 0.717) is 25.7 Å². The van der Waals surface area contributed by atoms with Gasteiger partial charge in [0.25, 0.3) is 0 Å². The summed E-state index contributed by atoms with van der Waals surface area (Å²) in [4.78, 5) is 35.6. The van der Waals surface area contributed by atoms with Crippen molar-refractivity contribution in [2.45, 2.75) is 185 Å². The Labute approximate surface area is 358 Å². The summed E-state index contributed by atoms with van der Waals surface area (Å²) in [5.41, 5.74) is 0. The molecule has 1 fully saturated rings. The first kappa shape index (κ1) is 55.3. The van der Waals surface area contributed by atoms with Crippen LogP contribution in [-0.2, 0) is 32.7 Å². The predicted octanol–water partition coefficient (Wildman–Crippen LogP) is 6.91. The van der Waals surface area contributed by atoms with Gasteiger partial charge in [0, 0.05) is 12.8 Å². The maximum Gasteiger partial charge on any atom is 0.472 e. The molecule has 0 heterocycles. The number of carbonyl (C=O) groups excluding carboxylic acids is 2. The molecule has 14 nitrogen and oxygen atoms in total. The number of rotatable bonds is 34. The SMILES string of the molecule is CCCCCC/C=C\CCCCCCCC(=O)O[C@H](COC(=O)CCC/C=C\C/C=C\C/C=C\C/C=C\C=C\[C@@H](O)CC)COP(=O)(O)OC1[C@H](O)[C@H](O)C(O)[C@H](O)[C@H]1O. The lowest BCUT2D eigenvalue weighted by molar-refractivity contribution is -0.220. The van der Waals surface area contributed by atoms with Gasteiger partial charge in [-0.05, 0) is 70.6 Å². The zero-order valence-electron chi connectivity index (χ0n) is 35.8. The maximum absolute atomic E-state index is 12.8. The number of esters is 2. The van der Waals surface area contributed by atoms with E-state index >= 15 is 0 Å². The molecule has 1 aliphatic carbocycles. The van der Waals surface area contributed by atoms with Crippen molar-refractivity contribution >= 4 is 19.8 Å². The van der Waals surface area contributed by atoms with Gasteiger partial charge in [-0.3, -0.25) is 18.6 Å². The van der Waals surface area contributed by atoms with Crippen molar-refractivity contribution in [3.05, 3.63) is 72.9 Å². The van der Waals surface area contributed by atoms with E-state index in [1.54, 1.807) is 6.08 Å². The van der Waals surface area contributed by atoms with Crippen LogP contribution in [-0.4, -0.2) is 110 Å². The highest BCUT2D eigenvalue weighted by Crippen LogP contribution is 2.47. The van der Waals surface area contributed by atoms with Crippen molar-refractivity contribution in [1.82, 2.24) is 0 Å². The minimum atomic E-state index is -5.14. The average molecular weight is 871 g/mol. The highest BCUT2D eigenvalue weighted by Gasteiger charge is 2.51. The molecular formula is C45H75O14P. The molecule has 60 heavy (non-hydrogen) atoms. The fourth-order valence-corrected chi connectivity index (χ4v) is 6.95. The van der Waals surface area contributed by atoms with Crippen molar-refractivity contribution in [2.24, 2.45) is 0 Å². The van der Waals surface area contributed by atoms with E-state index in [2.05, 4.69) is 37.3 Å². The monoisotopic (exact) mass is 870 g/mol. The lowest BCUT2D eigenvalue weighted by Crippen LogP contribution is -2.64.